The van der Waals surface area contributed by atoms with Crippen molar-refractivity contribution < 1.29 is 31.2 Å². The van der Waals surface area contributed by atoms with Crippen LogP contribution < -0.4 is 9.62 Å². The SMILES string of the molecule is Cc1ccc(S(=O)(=O)N(CC(=O)N(CCc2ccccc2)[C@H](C)C(=O)NCC(C)C)c2ccc(Cl)c(C(F)(F)F)c2)cc1. The van der Waals surface area contributed by atoms with Gasteiger partial charge in [0, 0.05) is 13.1 Å². The van der Waals surface area contributed by atoms with Crippen molar-refractivity contribution in [2.24, 2.45) is 5.92 Å². The molecule has 0 aliphatic rings. The summed E-state index contributed by atoms with van der Waals surface area (Å²) in [6.45, 7) is 6.68. The van der Waals surface area contributed by atoms with Crippen molar-refractivity contribution >= 4 is 39.1 Å². The second-order valence-electron chi connectivity index (χ2n) is 10.6. The molecule has 3 aromatic rings. The summed E-state index contributed by atoms with van der Waals surface area (Å²) in [4.78, 5) is 28.0. The summed E-state index contributed by atoms with van der Waals surface area (Å²) in [6, 6.07) is 16.6. The molecule has 7 nitrogen and oxygen atoms in total. The van der Waals surface area contributed by atoms with Gasteiger partial charge in [-0.1, -0.05) is 73.5 Å². The van der Waals surface area contributed by atoms with Gasteiger partial charge in [-0.25, -0.2) is 8.42 Å². The van der Waals surface area contributed by atoms with Crippen LogP contribution in [-0.4, -0.2) is 50.8 Å². The average molecular weight is 638 g/mol. The highest BCUT2D eigenvalue weighted by Crippen LogP contribution is 2.38. The van der Waals surface area contributed by atoms with Crippen molar-refractivity contribution in [3.05, 3.63) is 94.5 Å². The third-order valence-corrected chi connectivity index (χ3v) is 8.88. The van der Waals surface area contributed by atoms with E-state index in [2.05, 4.69) is 5.32 Å². The molecule has 0 bridgehead atoms. The van der Waals surface area contributed by atoms with Crippen LogP contribution >= 0.6 is 11.6 Å². The van der Waals surface area contributed by atoms with E-state index in [1.54, 1.807) is 19.1 Å². The van der Waals surface area contributed by atoms with E-state index < -0.39 is 56.9 Å². The van der Waals surface area contributed by atoms with Gasteiger partial charge in [0.05, 0.1) is 21.2 Å². The van der Waals surface area contributed by atoms with E-state index in [1.165, 1.54) is 24.0 Å². The number of benzene rings is 3. The summed E-state index contributed by atoms with van der Waals surface area (Å²) in [7, 11) is -4.53. The van der Waals surface area contributed by atoms with Gasteiger partial charge in [-0.15, -0.1) is 0 Å². The van der Waals surface area contributed by atoms with Crippen molar-refractivity contribution in [1.29, 1.82) is 0 Å². The first-order valence-electron chi connectivity index (χ1n) is 13.7. The monoisotopic (exact) mass is 637 g/mol. The van der Waals surface area contributed by atoms with Gasteiger partial charge in [-0.3, -0.25) is 13.9 Å². The Morgan fingerprint density at radius 3 is 2.16 bits per heavy atom. The molecule has 1 N–H and O–H groups in total. The third-order valence-electron chi connectivity index (χ3n) is 6.77. The fourth-order valence-corrected chi connectivity index (χ4v) is 5.91. The number of carbonyl (C=O) groups excluding carboxylic acids is 2. The van der Waals surface area contributed by atoms with Gasteiger partial charge >= 0.3 is 6.18 Å². The Bertz CT molecular complexity index is 1520. The molecule has 2 amide bonds. The quantitative estimate of drug-likeness (QED) is 0.260. The zero-order chi connectivity index (χ0) is 31.9. The summed E-state index contributed by atoms with van der Waals surface area (Å²) in [5, 5.41) is 2.17. The normalized spacial score (nSPS) is 12.6. The lowest BCUT2D eigenvalue weighted by molar-refractivity contribution is -0.138. The molecule has 0 aliphatic heterocycles. The summed E-state index contributed by atoms with van der Waals surface area (Å²) in [6.07, 6.45) is -4.51. The van der Waals surface area contributed by atoms with Crippen LogP contribution in [0, 0.1) is 12.8 Å². The molecule has 0 spiro atoms. The van der Waals surface area contributed by atoms with Crippen molar-refractivity contribution in [3.63, 3.8) is 0 Å². The van der Waals surface area contributed by atoms with Crippen molar-refractivity contribution in [2.75, 3.05) is 23.9 Å². The minimum Gasteiger partial charge on any atom is -0.354 e. The Balaban J connectivity index is 2.06. The molecule has 232 valence electrons. The van der Waals surface area contributed by atoms with Crippen molar-refractivity contribution in [1.82, 2.24) is 10.2 Å². The van der Waals surface area contributed by atoms with Crippen LogP contribution in [0.3, 0.4) is 0 Å². The number of hydrogen-bond acceptors (Lipinski definition) is 4. The molecule has 1 atom stereocenters. The van der Waals surface area contributed by atoms with Crippen LogP contribution in [0.1, 0.15) is 37.5 Å². The van der Waals surface area contributed by atoms with E-state index in [-0.39, 0.29) is 17.4 Å². The number of nitrogens with zero attached hydrogens (tertiary/aromatic N) is 2. The maximum atomic E-state index is 13.9. The summed E-state index contributed by atoms with van der Waals surface area (Å²) in [5.41, 5.74) is 0.00338. The predicted octanol–water partition coefficient (Wildman–Crippen LogP) is 6.09. The van der Waals surface area contributed by atoms with E-state index in [9.17, 15) is 31.2 Å². The fourth-order valence-electron chi connectivity index (χ4n) is 4.27. The topological polar surface area (TPSA) is 86.8 Å². The molecule has 0 saturated carbocycles. The Morgan fingerprint density at radius 1 is 0.953 bits per heavy atom. The number of amides is 2. The molecule has 0 radical (unpaired) electrons. The molecule has 0 aliphatic carbocycles. The fraction of sp³-hybridized carbons (Fsp3) is 0.355. The number of hydrogen-bond donors (Lipinski definition) is 1. The van der Waals surface area contributed by atoms with Crippen LogP contribution in [0.4, 0.5) is 18.9 Å². The number of aryl methyl sites for hydroxylation is 1. The van der Waals surface area contributed by atoms with Gasteiger partial charge in [0.15, 0.2) is 0 Å². The van der Waals surface area contributed by atoms with E-state index in [1.807, 2.05) is 44.2 Å². The molecule has 43 heavy (non-hydrogen) atoms. The largest absolute Gasteiger partial charge is 0.417 e. The van der Waals surface area contributed by atoms with E-state index in [4.69, 9.17) is 11.6 Å². The number of nitrogens with one attached hydrogen (secondary N) is 1. The molecule has 0 heterocycles. The molecule has 0 aromatic heterocycles. The maximum Gasteiger partial charge on any atom is 0.417 e. The van der Waals surface area contributed by atoms with Gasteiger partial charge in [0.1, 0.15) is 12.6 Å². The lowest BCUT2D eigenvalue weighted by Crippen LogP contribution is -2.52. The molecule has 3 aromatic carbocycles. The molecule has 0 unspecified atom stereocenters. The standard InChI is InChI=1S/C31H35ClF3N3O4S/c1-21(2)19-36-30(40)23(4)37(17-16-24-8-6-5-7-9-24)29(39)20-38(43(41,42)26-13-10-22(3)11-14-26)25-12-15-28(32)27(18-25)31(33,34)35/h5-15,18,21,23H,16-17,19-20H2,1-4H3,(H,36,40)/t23-/m1/s1. The summed E-state index contributed by atoms with van der Waals surface area (Å²) < 4.78 is 69.6. The second kappa shape index (κ2) is 14.3. The Labute approximate surface area is 255 Å². The Hall–Kier alpha value is -3.57. The van der Waals surface area contributed by atoms with Gasteiger partial charge < -0.3 is 10.2 Å². The van der Waals surface area contributed by atoms with Crippen LogP contribution in [0.25, 0.3) is 0 Å². The molecular formula is C31H35ClF3N3O4S. The molecule has 0 saturated heterocycles. The molecular weight excluding hydrogens is 603 g/mol. The summed E-state index contributed by atoms with van der Waals surface area (Å²) in [5.74, 6) is -1.05. The predicted molar refractivity (Wildman–Crippen MR) is 161 cm³/mol. The van der Waals surface area contributed by atoms with Crippen LogP contribution in [-0.2, 0) is 32.2 Å². The second-order valence-corrected chi connectivity index (χ2v) is 12.9. The number of carbonyl (C=O) groups is 2. The maximum absolute atomic E-state index is 13.9. The number of anilines is 1. The zero-order valence-electron chi connectivity index (χ0n) is 24.4. The summed E-state index contributed by atoms with van der Waals surface area (Å²) >= 11 is 5.81. The van der Waals surface area contributed by atoms with E-state index >= 15 is 0 Å². The number of sulfonamides is 1. The Kier molecular flexibility index (Phi) is 11.3. The molecule has 0 fully saturated rings. The van der Waals surface area contributed by atoms with Gasteiger partial charge in [-0.05, 0) is 62.1 Å². The van der Waals surface area contributed by atoms with Crippen LogP contribution in [0.5, 0.6) is 0 Å². The lowest BCUT2D eigenvalue weighted by atomic mass is 10.1. The smallest absolute Gasteiger partial charge is 0.354 e. The highest BCUT2D eigenvalue weighted by molar-refractivity contribution is 7.92. The minimum atomic E-state index is -4.87. The third kappa shape index (κ3) is 8.96. The zero-order valence-corrected chi connectivity index (χ0v) is 25.9. The van der Waals surface area contributed by atoms with Crippen molar-refractivity contribution in [3.8, 4) is 0 Å². The van der Waals surface area contributed by atoms with Gasteiger partial charge in [0.2, 0.25) is 11.8 Å². The van der Waals surface area contributed by atoms with Gasteiger partial charge in [-0.2, -0.15) is 13.2 Å². The van der Waals surface area contributed by atoms with Crippen molar-refractivity contribution in [2.45, 2.75) is 51.2 Å². The lowest BCUT2D eigenvalue weighted by Gasteiger charge is -2.32. The minimum absolute atomic E-state index is 0.0615. The highest BCUT2D eigenvalue weighted by Gasteiger charge is 2.37. The van der Waals surface area contributed by atoms with E-state index in [0.29, 0.717) is 23.3 Å². The molecule has 12 heteroatoms. The first kappa shape index (κ1) is 33.9. The number of rotatable bonds is 12. The Morgan fingerprint density at radius 2 is 1.58 bits per heavy atom. The molecule has 3 rings (SSSR count). The highest BCUT2D eigenvalue weighted by atomic mass is 35.5. The van der Waals surface area contributed by atoms with Crippen LogP contribution in [0.15, 0.2) is 77.7 Å². The van der Waals surface area contributed by atoms with E-state index in [0.717, 1.165) is 23.3 Å². The first-order chi connectivity index (χ1) is 20.1. The van der Waals surface area contributed by atoms with Gasteiger partial charge in [0.25, 0.3) is 10.0 Å². The van der Waals surface area contributed by atoms with Crippen LogP contribution in [0.2, 0.25) is 5.02 Å². The number of halogens is 4. The first-order valence-corrected chi connectivity index (χ1v) is 15.5. The number of alkyl halides is 3. The average Bonchev–Trinajstić information content (AvgIpc) is 2.95.